The van der Waals surface area contributed by atoms with Gasteiger partial charge in [0.25, 0.3) is 11.5 Å². The van der Waals surface area contributed by atoms with Crippen molar-refractivity contribution in [3.8, 4) is 11.3 Å². The molecule has 1 aliphatic carbocycles. The van der Waals surface area contributed by atoms with Crippen LogP contribution in [0.4, 0.5) is 0 Å². The summed E-state index contributed by atoms with van der Waals surface area (Å²) in [6.45, 7) is 0.601. The lowest BCUT2D eigenvalue weighted by Crippen LogP contribution is -2.44. The van der Waals surface area contributed by atoms with E-state index in [-0.39, 0.29) is 17.5 Å². The van der Waals surface area contributed by atoms with Gasteiger partial charge in [0.1, 0.15) is 11.7 Å². The average Bonchev–Trinajstić information content (AvgIpc) is 3.29. The molecule has 1 aliphatic heterocycles. The number of carbonyl (C=O) groups excluding carboxylic acids is 1. The number of H-pyrrole nitrogens is 1. The van der Waals surface area contributed by atoms with Gasteiger partial charge in [-0.15, -0.1) is 0 Å². The predicted molar refractivity (Wildman–Crippen MR) is 103 cm³/mol. The molecule has 2 N–H and O–H groups in total. The molecule has 2 unspecified atom stereocenters. The standard InChI is InChI=1S/C20H20N6O3/c27-19-6-5-14(13-2-1-7-21-9-13)25-26(19)18-11-29-10-17(18)22-20(28)16-8-15(23-24-16)12-3-4-12/h1-2,5-9,12,17-18H,3-4,10-11H2,(H,22,28)(H,23,24). The minimum atomic E-state index is -0.398. The number of pyridine rings is 1. The maximum atomic E-state index is 12.6. The van der Waals surface area contributed by atoms with E-state index in [1.54, 1.807) is 24.5 Å². The van der Waals surface area contributed by atoms with Crippen molar-refractivity contribution >= 4 is 5.91 Å². The monoisotopic (exact) mass is 392 g/mol. The molecule has 2 atom stereocenters. The molecule has 3 aromatic heterocycles. The number of rotatable bonds is 5. The second-order valence-corrected chi connectivity index (χ2v) is 7.41. The van der Waals surface area contributed by atoms with Crippen LogP contribution in [0.25, 0.3) is 11.3 Å². The zero-order chi connectivity index (χ0) is 19.8. The lowest BCUT2D eigenvalue weighted by molar-refractivity contribution is 0.0919. The van der Waals surface area contributed by atoms with Crippen LogP contribution in [0.1, 0.15) is 41.0 Å². The molecule has 4 heterocycles. The molecular weight excluding hydrogens is 372 g/mol. The van der Waals surface area contributed by atoms with Crippen LogP contribution in [0, 0.1) is 0 Å². The first-order valence-corrected chi connectivity index (χ1v) is 9.63. The van der Waals surface area contributed by atoms with Crippen LogP contribution in [-0.2, 0) is 4.74 Å². The van der Waals surface area contributed by atoms with E-state index in [4.69, 9.17) is 4.74 Å². The molecule has 148 valence electrons. The number of carbonyl (C=O) groups is 1. The second-order valence-electron chi connectivity index (χ2n) is 7.41. The van der Waals surface area contributed by atoms with Gasteiger partial charge in [-0.1, -0.05) is 0 Å². The summed E-state index contributed by atoms with van der Waals surface area (Å²) in [5.41, 5.74) is 2.54. The highest BCUT2D eigenvalue weighted by atomic mass is 16.5. The molecule has 2 fully saturated rings. The summed E-state index contributed by atoms with van der Waals surface area (Å²) in [4.78, 5) is 29.2. The van der Waals surface area contributed by atoms with Crippen molar-refractivity contribution in [3.05, 3.63) is 64.5 Å². The number of aromatic nitrogens is 5. The summed E-state index contributed by atoms with van der Waals surface area (Å²) < 4.78 is 6.95. The summed E-state index contributed by atoms with van der Waals surface area (Å²) in [5, 5.41) is 14.5. The van der Waals surface area contributed by atoms with Gasteiger partial charge in [-0.25, -0.2) is 4.68 Å². The smallest absolute Gasteiger partial charge is 0.272 e. The van der Waals surface area contributed by atoms with Crippen molar-refractivity contribution in [2.24, 2.45) is 0 Å². The molecule has 9 nitrogen and oxygen atoms in total. The maximum Gasteiger partial charge on any atom is 0.272 e. The third-order valence-electron chi connectivity index (χ3n) is 5.31. The number of nitrogens with one attached hydrogen (secondary N) is 2. The molecule has 9 heteroatoms. The van der Waals surface area contributed by atoms with Gasteiger partial charge in [0.2, 0.25) is 0 Å². The van der Waals surface area contributed by atoms with Gasteiger partial charge < -0.3 is 10.1 Å². The highest BCUT2D eigenvalue weighted by Gasteiger charge is 2.34. The lowest BCUT2D eigenvalue weighted by Gasteiger charge is -2.20. The van der Waals surface area contributed by atoms with Gasteiger partial charge in [0.15, 0.2) is 0 Å². The molecule has 1 saturated carbocycles. The van der Waals surface area contributed by atoms with E-state index < -0.39 is 6.04 Å². The number of ether oxygens (including phenoxy) is 1. The first kappa shape index (κ1) is 17.7. The molecule has 5 rings (SSSR count). The molecule has 0 bridgehead atoms. The quantitative estimate of drug-likeness (QED) is 0.676. The molecule has 1 saturated heterocycles. The van der Waals surface area contributed by atoms with Gasteiger partial charge in [-0.2, -0.15) is 10.2 Å². The highest BCUT2D eigenvalue weighted by molar-refractivity contribution is 5.92. The fraction of sp³-hybridized carbons (Fsp3) is 0.350. The van der Waals surface area contributed by atoms with Crippen LogP contribution in [0.2, 0.25) is 0 Å². The van der Waals surface area contributed by atoms with Crippen molar-refractivity contribution in [2.75, 3.05) is 13.2 Å². The number of nitrogens with zero attached hydrogens (tertiary/aromatic N) is 4. The number of aromatic amines is 1. The topological polar surface area (TPSA) is 115 Å². The second kappa shape index (κ2) is 7.25. The average molecular weight is 392 g/mol. The first-order valence-electron chi connectivity index (χ1n) is 9.63. The Morgan fingerprint density at radius 2 is 2.14 bits per heavy atom. The van der Waals surface area contributed by atoms with Crippen LogP contribution >= 0.6 is 0 Å². The molecule has 2 aliphatic rings. The van der Waals surface area contributed by atoms with E-state index in [0.717, 1.165) is 24.1 Å². The molecule has 29 heavy (non-hydrogen) atoms. The summed E-state index contributed by atoms with van der Waals surface area (Å²) in [6, 6.07) is 7.86. The van der Waals surface area contributed by atoms with Crippen LogP contribution in [0.3, 0.4) is 0 Å². The van der Waals surface area contributed by atoms with E-state index in [1.165, 1.54) is 10.7 Å². The Hall–Kier alpha value is -3.33. The maximum absolute atomic E-state index is 12.6. The fourth-order valence-corrected chi connectivity index (χ4v) is 3.55. The molecule has 3 aromatic rings. The van der Waals surface area contributed by atoms with Crippen LogP contribution in [0.15, 0.2) is 47.5 Å². The van der Waals surface area contributed by atoms with Gasteiger partial charge in [0.05, 0.1) is 24.9 Å². The summed E-state index contributed by atoms with van der Waals surface area (Å²) in [6.07, 6.45) is 5.63. The van der Waals surface area contributed by atoms with Crippen molar-refractivity contribution in [3.63, 3.8) is 0 Å². The minimum absolute atomic E-state index is 0.247. The van der Waals surface area contributed by atoms with Crippen LogP contribution in [0.5, 0.6) is 0 Å². The zero-order valence-corrected chi connectivity index (χ0v) is 15.6. The van der Waals surface area contributed by atoms with E-state index in [2.05, 4.69) is 25.6 Å². The normalized spacial score (nSPS) is 21.2. The van der Waals surface area contributed by atoms with Crippen molar-refractivity contribution < 1.29 is 9.53 Å². The molecule has 0 aromatic carbocycles. The molecule has 1 amide bonds. The van der Waals surface area contributed by atoms with E-state index in [1.807, 2.05) is 12.1 Å². The number of hydrogen-bond acceptors (Lipinski definition) is 6. The molecular formula is C20H20N6O3. The van der Waals surface area contributed by atoms with Gasteiger partial charge in [0, 0.05) is 35.6 Å². The summed E-state index contributed by atoms with van der Waals surface area (Å²) in [5.74, 6) is 0.203. The Kier molecular flexibility index (Phi) is 4.44. The fourth-order valence-electron chi connectivity index (χ4n) is 3.55. The van der Waals surface area contributed by atoms with Crippen LogP contribution in [-0.4, -0.2) is 50.1 Å². The largest absolute Gasteiger partial charge is 0.377 e. The minimum Gasteiger partial charge on any atom is -0.377 e. The predicted octanol–water partition coefficient (Wildman–Crippen LogP) is 1.28. The Morgan fingerprint density at radius 3 is 2.93 bits per heavy atom. The first-order chi connectivity index (χ1) is 14.2. The Labute approximate surface area is 166 Å². The van der Waals surface area contributed by atoms with Crippen molar-refractivity contribution in [2.45, 2.75) is 30.8 Å². The van der Waals surface area contributed by atoms with E-state index in [9.17, 15) is 9.59 Å². The number of amides is 1. The highest BCUT2D eigenvalue weighted by Crippen LogP contribution is 2.39. The van der Waals surface area contributed by atoms with Crippen molar-refractivity contribution in [1.82, 2.24) is 30.3 Å². The van der Waals surface area contributed by atoms with Crippen molar-refractivity contribution in [1.29, 1.82) is 0 Å². The molecule has 0 spiro atoms. The summed E-state index contributed by atoms with van der Waals surface area (Å²) >= 11 is 0. The lowest BCUT2D eigenvalue weighted by atomic mass is 10.1. The third kappa shape index (κ3) is 3.56. The van der Waals surface area contributed by atoms with Crippen LogP contribution < -0.4 is 10.9 Å². The Balaban J connectivity index is 1.37. The van der Waals surface area contributed by atoms with Gasteiger partial charge in [-0.3, -0.25) is 19.7 Å². The third-order valence-corrected chi connectivity index (χ3v) is 5.31. The summed E-state index contributed by atoms with van der Waals surface area (Å²) in [7, 11) is 0. The van der Waals surface area contributed by atoms with E-state index >= 15 is 0 Å². The Bertz CT molecular complexity index is 1090. The van der Waals surface area contributed by atoms with Gasteiger partial charge in [-0.05, 0) is 37.1 Å². The number of hydrogen-bond donors (Lipinski definition) is 2. The molecule has 0 radical (unpaired) electrons. The van der Waals surface area contributed by atoms with E-state index in [0.29, 0.717) is 30.5 Å². The van der Waals surface area contributed by atoms with Gasteiger partial charge >= 0.3 is 0 Å². The zero-order valence-electron chi connectivity index (χ0n) is 15.6. The SMILES string of the molecule is O=C(NC1COCC1n1nc(-c2cccnc2)ccc1=O)c1cc(C2CC2)[nH]n1. The Morgan fingerprint density at radius 1 is 1.24 bits per heavy atom.